The molecule has 1 saturated heterocycles. The van der Waals surface area contributed by atoms with Gasteiger partial charge in [-0.15, -0.1) is 0 Å². The molecule has 0 radical (unpaired) electrons. The minimum atomic E-state index is -0.338. The van der Waals surface area contributed by atoms with E-state index in [1.807, 2.05) is 42.0 Å². The molecule has 6 heteroatoms. The SMILES string of the molecule is Cc1nccn1-c1ccc(/C=C2/SC(=O)NC2=O)cc1. The highest BCUT2D eigenvalue weighted by Gasteiger charge is 2.24. The lowest BCUT2D eigenvalue weighted by Crippen LogP contribution is -2.17. The second-order valence-corrected chi connectivity index (χ2v) is 5.30. The monoisotopic (exact) mass is 285 g/mol. The summed E-state index contributed by atoms with van der Waals surface area (Å²) >= 11 is 0.919. The first-order chi connectivity index (χ1) is 9.63. The molecule has 0 aliphatic carbocycles. The van der Waals surface area contributed by atoms with Crippen molar-refractivity contribution in [2.24, 2.45) is 0 Å². The molecule has 1 aromatic heterocycles. The molecule has 1 aliphatic heterocycles. The molecular formula is C14H11N3O2S. The largest absolute Gasteiger partial charge is 0.304 e. The van der Waals surface area contributed by atoms with Crippen LogP contribution < -0.4 is 5.32 Å². The van der Waals surface area contributed by atoms with E-state index in [0.717, 1.165) is 28.8 Å². The van der Waals surface area contributed by atoms with Crippen LogP contribution in [0, 0.1) is 6.92 Å². The van der Waals surface area contributed by atoms with Crippen LogP contribution in [0.25, 0.3) is 11.8 Å². The molecule has 20 heavy (non-hydrogen) atoms. The lowest BCUT2D eigenvalue weighted by molar-refractivity contribution is -0.115. The van der Waals surface area contributed by atoms with E-state index in [-0.39, 0.29) is 11.1 Å². The normalized spacial score (nSPS) is 16.8. The molecule has 1 aromatic carbocycles. The van der Waals surface area contributed by atoms with Gasteiger partial charge in [0.15, 0.2) is 0 Å². The van der Waals surface area contributed by atoms with Gasteiger partial charge in [0.2, 0.25) is 0 Å². The first-order valence-corrected chi connectivity index (χ1v) is 6.80. The fourth-order valence-electron chi connectivity index (χ4n) is 1.95. The molecule has 0 unspecified atom stereocenters. The Morgan fingerprint density at radius 1 is 1.25 bits per heavy atom. The summed E-state index contributed by atoms with van der Waals surface area (Å²) in [6.07, 6.45) is 5.34. The van der Waals surface area contributed by atoms with Gasteiger partial charge < -0.3 is 4.57 Å². The summed E-state index contributed by atoms with van der Waals surface area (Å²) < 4.78 is 1.97. The number of imidazole rings is 1. The van der Waals surface area contributed by atoms with Gasteiger partial charge in [-0.2, -0.15) is 0 Å². The Balaban J connectivity index is 1.87. The van der Waals surface area contributed by atoms with Crippen LogP contribution >= 0.6 is 11.8 Å². The van der Waals surface area contributed by atoms with Crippen molar-refractivity contribution in [3.05, 3.63) is 53.0 Å². The molecule has 5 nitrogen and oxygen atoms in total. The van der Waals surface area contributed by atoms with Crippen LogP contribution in [-0.2, 0) is 4.79 Å². The van der Waals surface area contributed by atoms with Crippen LogP contribution in [0.3, 0.4) is 0 Å². The number of nitrogens with one attached hydrogen (secondary N) is 1. The number of aryl methyl sites for hydroxylation is 1. The number of hydrogen-bond acceptors (Lipinski definition) is 4. The van der Waals surface area contributed by atoms with E-state index in [0.29, 0.717) is 4.91 Å². The van der Waals surface area contributed by atoms with Crippen molar-refractivity contribution in [2.75, 3.05) is 0 Å². The van der Waals surface area contributed by atoms with E-state index < -0.39 is 0 Å². The van der Waals surface area contributed by atoms with E-state index >= 15 is 0 Å². The molecule has 3 rings (SSSR count). The van der Waals surface area contributed by atoms with Crippen molar-refractivity contribution < 1.29 is 9.59 Å². The summed E-state index contributed by atoms with van der Waals surface area (Å²) in [7, 11) is 0. The van der Waals surface area contributed by atoms with E-state index in [2.05, 4.69) is 10.3 Å². The molecule has 1 aliphatic rings. The molecule has 0 spiro atoms. The molecule has 2 aromatic rings. The van der Waals surface area contributed by atoms with Crippen molar-refractivity contribution in [3.8, 4) is 5.69 Å². The average molecular weight is 285 g/mol. The van der Waals surface area contributed by atoms with Gasteiger partial charge in [-0.05, 0) is 42.5 Å². The molecule has 1 fully saturated rings. The van der Waals surface area contributed by atoms with Gasteiger partial charge >= 0.3 is 0 Å². The number of rotatable bonds is 2. The van der Waals surface area contributed by atoms with E-state index in [1.165, 1.54) is 0 Å². The maximum Gasteiger partial charge on any atom is 0.290 e. The van der Waals surface area contributed by atoms with Crippen molar-refractivity contribution >= 4 is 29.0 Å². The zero-order valence-electron chi connectivity index (χ0n) is 10.7. The van der Waals surface area contributed by atoms with Crippen molar-refractivity contribution in [2.45, 2.75) is 6.92 Å². The van der Waals surface area contributed by atoms with Gasteiger partial charge in [-0.25, -0.2) is 4.98 Å². The van der Waals surface area contributed by atoms with Crippen LogP contribution in [-0.4, -0.2) is 20.7 Å². The second-order valence-electron chi connectivity index (χ2n) is 4.29. The number of imide groups is 1. The Morgan fingerprint density at radius 2 is 2.00 bits per heavy atom. The highest BCUT2D eigenvalue weighted by molar-refractivity contribution is 8.18. The van der Waals surface area contributed by atoms with Crippen LogP contribution in [0.4, 0.5) is 4.79 Å². The fourth-order valence-corrected chi connectivity index (χ4v) is 2.64. The van der Waals surface area contributed by atoms with Gasteiger partial charge in [0.1, 0.15) is 5.82 Å². The van der Waals surface area contributed by atoms with Gasteiger partial charge in [0.05, 0.1) is 4.91 Å². The van der Waals surface area contributed by atoms with E-state index in [9.17, 15) is 9.59 Å². The zero-order valence-corrected chi connectivity index (χ0v) is 11.5. The summed E-state index contributed by atoms with van der Waals surface area (Å²) in [4.78, 5) is 27.1. The third-order valence-corrected chi connectivity index (χ3v) is 3.75. The zero-order chi connectivity index (χ0) is 14.1. The summed E-state index contributed by atoms with van der Waals surface area (Å²) in [5.41, 5.74) is 1.88. The Kier molecular flexibility index (Phi) is 3.15. The maximum absolute atomic E-state index is 11.5. The number of hydrogen-bond donors (Lipinski definition) is 1. The maximum atomic E-state index is 11.5. The Labute approximate surface area is 119 Å². The van der Waals surface area contributed by atoms with E-state index in [1.54, 1.807) is 12.3 Å². The second kappa shape index (κ2) is 4.97. The number of aromatic nitrogens is 2. The average Bonchev–Trinajstić information content (AvgIpc) is 2.97. The number of thioether (sulfide) groups is 1. The fraction of sp³-hybridized carbons (Fsp3) is 0.0714. The van der Waals surface area contributed by atoms with Crippen molar-refractivity contribution in [1.29, 1.82) is 0 Å². The molecule has 2 heterocycles. The lowest BCUT2D eigenvalue weighted by atomic mass is 10.2. The highest BCUT2D eigenvalue weighted by Crippen LogP contribution is 2.25. The van der Waals surface area contributed by atoms with E-state index in [4.69, 9.17) is 0 Å². The molecule has 2 amide bonds. The van der Waals surface area contributed by atoms with Gasteiger partial charge in [0.25, 0.3) is 11.1 Å². The molecule has 1 N–H and O–H groups in total. The third kappa shape index (κ3) is 2.37. The van der Waals surface area contributed by atoms with Crippen LogP contribution in [0.5, 0.6) is 0 Å². The Hall–Kier alpha value is -2.34. The molecular weight excluding hydrogens is 274 g/mol. The number of nitrogens with zero attached hydrogens (tertiary/aromatic N) is 2. The first-order valence-electron chi connectivity index (χ1n) is 5.99. The number of carbonyl (C=O) groups is 2. The minimum Gasteiger partial charge on any atom is -0.304 e. The third-order valence-electron chi connectivity index (χ3n) is 2.94. The quantitative estimate of drug-likeness (QED) is 0.861. The molecule has 0 atom stereocenters. The molecule has 0 saturated carbocycles. The Bertz CT molecular complexity index is 716. The summed E-state index contributed by atoms with van der Waals surface area (Å²) in [5.74, 6) is 0.571. The van der Waals surface area contributed by atoms with Crippen molar-refractivity contribution in [1.82, 2.24) is 14.9 Å². The van der Waals surface area contributed by atoms with Crippen LogP contribution in [0.15, 0.2) is 41.6 Å². The smallest absolute Gasteiger partial charge is 0.290 e. The first kappa shape index (κ1) is 12.7. The topological polar surface area (TPSA) is 64.0 Å². The predicted molar refractivity (Wildman–Crippen MR) is 77.4 cm³/mol. The molecule has 100 valence electrons. The van der Waals surface area contributed by atoms with Crippen LogP contribution in [0.1, 0.15) is 11.4 Å². The standard InChI is InChI=1S/C14H11N3O2S/c1-9-15-6-7-17(9)11-4-2-10(3-5-11)8-12-13(18)16-14(19)20-12/h2-8H,1H3,(H,16,18,19)/b12-8+. The van der Waals surface area contributed by atoms with Crippen molar-refractivity contribution in [3.63, 3.8) is 0 Å². The van der Waals surface area contributed by atoms with Gasteiger partial charge in [-0.1, -0.05) is 12.1 Å². The lowest BCUT2D eigenvalue weighted by Gasteiger charge is -2.05. The summed E-state index contributed by atoms with van der Waals surface area (Å²) in [6, 6.07) is 7.69. The van der Waals surface area contributed by atoms with Crippen LogP contribution in [0.2, 0.25) is 0 Å². The summed E-state index contributed by atoms with van der Waals surface area (Å²) in [5, 5.41) is 1.91. The number of amides is 2. The van der Waals surface area contributed by atoms with Gasteiger partial charge in [0, 0.05) is 18.1 Å². The number of benzene rings is 1. The highest BCUT2D eigenvalue weighted by atomic mass is 32.2. The molecule has 0 bridgehead atoms. The Morgan fingerprint density at radius 3 is 2.55 bits per heavy atom. The number of carbonyl (C=O) groups excluding carboxylic acids is 2. The van der Waals surface area contributed by atoms with Gasteiger partial charge in [-0.3, -0.25) is 14.9 Å². The predicted octanol–water partition coefficient (Wildman–Crippen LogP) is 2.50. The minimum absolute atomic E-state index is 0.327. The summed E-state index contributed by atoms with van der Waals surface area (Å²) in [6.45, 7) is 1.93.